The Balaban J connectivity index is 3.20. The van der Waals surface area contributed by atoms with Crippen LogP contribution in [0, 0.1) is 0 Å². The zero-order chi connectivity index (χ0) is 27.7. The van der Waals surface area contributed by atoms with Gasteiger partial charge in [0, 0.05) is 0 Å². The van der Waals surface area contributed by atoms with Crippen LogP contribution in [-0.2, 0) is 16.5 Å². The van der Waals surface area contributed by atoms with Crippen molar-refractivity contribution < 1.29 is 16.5 Å². The van der Waals surface area contributed by atoms with Crippen molar-refractivity contribution in [3.8, 4) is 0 Å². The molecule has 0 saturated heterocycles. The van der Waals surface area contributed by atoms with Crippen LogP contribution in [0.15, 0.2) is 30.3 Å². The van der Waals surface area contributed by atoms with Gasteiger partial charge >= 0.3 is 25.7 Å². The highest BCUT2D eigenvalue weighted by molar-refractivity contribution is 6.91. The molecule has 0 saturated carbocycles. The van der Waals surface area contributed by atoms with E-state index in [0.29, 0.717) is 5.92 Å². The third-order valence-electron chi connectivity index (χ3n) is 6.00. The Morgan fingerprint density at radius 1 is 0.611 bits per heavy atom. The summed E-state index contributed by atoms with van der Waals surface area (Å²) in [6.07, 6.45) is 7.72. The van der Waals surface area contributed by atoms with Crippen molar-refractivity contribution in [3.05, 3.63) is 35.9 Å². The molecule has 4 nitrogen and oxygen atoms in total. The third kappa shape index (κ3) is 14.9. The molecule has 0 aliphatic heterocycles. The molecule has 3 unspecified atom stereocenters. The quantitative estimate of drug-likeness (QED) is 0.127. The van der Waals surface area contributed by atoms with E-state index in [1.807, 2.05) is 0 Å². The molecule has 0 bridgehead atoms. The number of hydrogen-bond acceptors (Lipinski definition) is 4. The van der Waals surface area contributed by atoms with Crippen molar-refractivity contribution in [3.63, 3.8) is 0 Å². The first-order chi connectivity index (χ1) is 16.4. The van der Waals surface area contributed by atoms with Gasteiger partial charge in [-0.05, 0) is 89.0 Å². The van der Waals surface area contributed by atoms with Crippen LogP contribution in [0.3, 0.4) is 0 Å². The van der Waals surface area contributed by atoms with Crippen LogP contribution in [0.25, 0.3) is 0 Å². The molecule has 9 heteroatoms. The van der Waals surface area contributed by atoms with Gasteiger partial charge in [0.05, 0.1) is 0 Å². The van der Waals surface area contributed by atoms with E-state index in [-0.39, 0.29) is 0 Å². The van der Waals surface area contributed by atoms with Crippen LogP contribution >= 0.6 is 0 Å². The molecule has 3 atom stereocenters. The molecular formula is C27H58O4Si5. The highest BCUT2D eigenvalue weighted by Crippen LogP contribution is 2.35. The van der Waals surface area contributed by atoms with Crippen molar-refractivity contribution in [2.45, 2.75) is 136 Å². The maximum Gasteiger partial charge on any atom is 0.317 e. The SMILES string of the molecule is CCCCCCCC[Si](C)(O[Si](C)(C)C)O[Si](C)(CC(C)c1ccccc1)O[Si](C)(C)O[Si](C)(C)C. The van der Waals surface area contributed by atoms with Crippen LogP contribution < -0.4 is 0 Å². The van der Waals surface area contributed by atoms with E-state index in [9.17, 15) is 0 Å². The first-order valence-corrected chi connectivity index (χ1v) is 28.9. The molecule has 0 aliphatic carbocycles. The fourth-order valence-corrected chi connectivity index (χ4v) is 29.5. The molecule has 0 aliphatic rings. The second-order valence-electron chi connectivity index (χ2n) is 13.3. The summed E-state index contributed by atoms with van der Waals surface area (Å²) in [6.45, 7) is 27.2. The second-order valence-corrected chi connectivity index (χ2v) is 33.3. The van der Waals surface area contributed by atoms with Crippen molar-refractivity contribution in [2.24, 2.45) is 0 Å². The summed E-state index contributed by atoms with van der Waals surface area (Å²) in [5.41, 5.74) is 1.35. The second kappa shape index (κ2) is 14.5. The number of hydrogen-bond donors (Lipinski definition) is 0. The maximum absolute atomic E-state index is 7.31. The van der Waals surface area contributed by atoms with Crippen molar-refractivity contribution in [1.29, 1.82) is 0 Å². The zero-order valence-electron chi connectivity index (χ0n) is 25.8. The summed E-state index contributed by atoms with van der Waals surface area (Å²) in [5.74, 6) is 0.360. The Bertz CT molecular complexity index is 751. The predicted molar refractivity (Wildman–Crippen MR) is 170 cm³/mol. The highest BCUT2D eigenvalue weighted by Gasteiger charge is 2.49. The summed E-state index contributed by atoms with van der Waals surface area (Å²) >= 11 is 0. The molecule has 1 aromatic carbocycles. The van der Waals surface area contributed by atoms with Gasteiger partial charge in [-0.15, -0.1) is 0 Å². The van der Waals surface area contributed by atoms with Gasteiger partial charge in [-0.25, -0.2) is 0 Å². The van der Waals surface area contributed by atoms with Gasteiger partial charge in [0.15, 0.2) is 16.6 Å². The minimum Gasteiger partial charge on any atom is -0.437 e. The van der Waals surface area contributed by atoms with Crippen LogP contribution in [0.4, 0.5) is 0 Å². The Kier molecular flexibility index (Phi) is 13.8. The highest BCUT2D eigenvalue weighted by atomic mass is 28.5. The van der Waals surface area contributed by atoms with E-state index in [0.717, 1.165) is 12.1 Å². The summed E-state index contributed by atoms with van der Waals surface area (Å²) in [6, 6.07) is 12.8. The molecule has 0 N–H and O–H groups in total. The van der Waals surface area contributed by atoms with Crippen LogP contribution in [-0.4, -0.2) is 42.3 Å². The Morgan fingerprint density at radius 2 is 1.14 bits per heavy atom. The molecule has 1 aromatic rings. The largest absolute Gasteiger partial charge is 0.437 e. The normalized spacial score (nSPS) is 17.4. The van der Waals surface area contributed by atoms with Crippen LogP contribution in [0.2, 0.25) is 77.6 Å². The lowest BCUT2D eigenvalue weighted by Gasteiger charge is -2.45. The fraction of sp³-hybridized carbons (Fsp3) is 0.778. The van der Waals surface area contributed by atoms with Gasteiger partial charge < -0.3 is 16.5 Å². The minimum absolute atomic E-state index is 0.360. The molecule has 0 fully saturated rings. The van der Waals surface area contributed by atoms with Gasteiger partial charge in [-0.2, -0.15) is 0 Å². The van der Waals surface area contributed by atoms with Crippen molar-refractivity contribution in [1.82, 2.24) is 0 Å². The summed E-state index contributed by atoms with van der Waals surface area (Å²) in [7, 11) is -11.0. The lowest BCUT2D eigenvalue weighted by Crippen LogP contribution is -2.60. The van der Waals surface area contributed by atoms with Gasteiger partial charge in [0.25, 0.3) is 0 Å². The minimum atomic E-state index is -2.63. The first-order valence-electron chi connectivity index (χ1n) is 14.2. The van der Waals surface area contributed by atoms with Gasteiger partial charge in [-0.3, -0.25) is 0 Å². The van der Waals surface area contributed by atoms with Crippen LogP contribution in [0.1, 0.15) is 63.9 Å². The van der Waals surface area contributed by atoms with Gasteiger partial charge in [-0.1, -0.05) is 82.7 Å². The average molecular weight is 587 g/mol. The standard InChI is InChI=1S/C27H58O4Si5/c1-13-14-15-16-17-21-24-35(11,29-33(6,7)8)31-36(12,30-34(9,10)28-32(3,4)5)25-26(2)27-22-19-18-20-23-27/h18-20,22-23,26H,13-17,21,24-25H2,1-12H3. The fourth-order valence-electron chi connectivity index (χ4n) is 5.29. The molecule has 1 rings (SSSR count). The van der Waals surface area contributed by atoms with Crippen molar-refractivity contribution >= 4 is 42.3 Å². The molecule has 36 heavy (non-hydrogen) atoms. The monoisotopic (exact) mass is 586 g/mol. The van der Waals surface area contributed by atoms with E-state index in [2.05, 4.69) is 110 Å². The smallest absolute Gasteiger partial charge is 0.317 e. The molecule has 0 aromatic heterocycles. The third-order valence-corrected chi connectivity index (χ3v) is 24.4. The molecule has 0 heterocycles. The molecule has 0 spiro atoms. The molecule has 210 valence electrons. The average Bonchev–Trinajstić information content (AvgIpc) is 2.66. The Labute approximate surface area is 229 Å². The number of benzene rings is 1. The van der Waals surface area contributed by atoms with E-state index in [4.69, 9.17) is 16.5 Å². The zero-order valence-corrected chi connectivity index (χ0v) is 30.8. The summed E-state index contributed by atoms with van der Waals surface area (Å²) < 4.78 is 28.0. The Morgan fingerprint density at radius 3 is 1.67 bits per heavy atom. The lowest BCUT2D eigenvalue weighted by atomic mass is 10.0. The van der Waals surface area contributed by atoms with Crippen LogP contribution in [0.5, 0.6) is 0 Å². The molecular weight excluding hydrogens is 529 g/mol. The topological polar surface area (TPSA) is 36.9 Å². The van der Waals surface area contributed by atoms with Crippen molar-refractivity contribution in [2.75, 3.05) is 0 Å². The Hall–Kier alpha value is 0.144. The van der Waals surface area contributed by atoms with E-state index < -0.39 is 42.3 Å². The molecule has 0 amide bonds. The summed E-state index contributed by atoms with van der Waals surface area (Å²) in [5, 5.41) is 0. The molecule has 0 radical (unpaired) electrons. The number of rotatable bonds is 18. The maximum atomic E-state index is 7.31. The van der Waals surface area contributed by atoms with E-state index >= 15 is 0 Å². The van der Waals surface area contributed by atoms with Gasteiger partial charge in [0.2, 0.25) is 0 Å². The number of unbranched alkanes of at least 4 members (excludes halogenated alkanes) is 5. The van der Waals surface area contributed by atoms with E-state index in [1.165, 1.54) is 44.1 Å². The first kappa shape index (κ1) is 34.2. The predicted octanol–water partition coefficient (Wildman–Crippen LogP) is 9.73. The lowest BCUT2D eigenvalue weighted by molar-refractivity contribution is 0.285. The van der Waals surface area contributed by atoms with Gasteiger partial charge in [0.1, 0.15) is 0 Å². The summed E-state index contributed by atoms with van der Waals surface area (Å²) in [4.78, 5) is 0. The van der Waals surface area contributed by atoms with E-state index in [1.54, 1.807) is 0 Å².